The molecule has 3 aromatic rings. The molecule has 3 heterocycles. The maximum Gasteiger partial charge on any atom is 0.194 e. The molecule has 0 amide bonds. The van der Waals surface area contributed by atoms with Crippen molar-refractivity contribution < 1.29 is 0 Å². The second-order valence-electron chi connectivity index (χ2n) is 4.57. The fraction of sp³-hybridized carbons (Fsp3) is 0.333. The van der Waals surface area contributed by atoms with Gasteiger partial charge >= 0.3 is 0 Å². The van der Waals surface area contributed by atoms with E-state index in [1.54, 1.807) is 29.3 Å². The Morgan fingerprint density at radius 2 is 2.47 bits per heavy atom. The second-order valence-corrected chi connectivity index (χ2v) is 6.42. The molecule has 0 saturated heterocycles. The van der Waals surface area contributed by atoms with Crippen LogP contribution in [0, 0.1) is 0 Å². The lowest BCUT2D eigenvalue weighted by Gasteiger charge is -2.04. The Morgan fingerprint density at radius 3 is 3.26 bits per heavy atom. The average Bonchev–Trinajstić information content (AvgIpc) is 2.81. The Balaban J connectivity index is 1.66. The van der Waals surface area contributed by atoms with Crippen molar-refractivity contribution in [2.24, 2.45) is 0 Å². The molecule has 1 aliphatic carbocycles. The lowest BCUT2D eigenvalue weighted by atomic mass is 10.4. The molecular formula is C12H13N5S2. The molecular weight excluding hydrogens is 278 g/mol. The molecule has 2 N–H and O–H groups in total. The standard InChI is InChI=1S/C12H13N5S2/c1-2-8(1)15-7-9-10(19-11-13-3-4-14-11)16-12-17(9)5-6-18-12/h3-6,8,15H,1-2,7H2,(H,13,14). The van der Waals surface area contributed by atoms with E-state index in [-0.39, 0.29) is 0 Å². The van der Waals surface area contributed by atoms with Crippen LogP contribution in [0.15, 0.2) is 34.2 Å². The summed E-state index contributed by atoms with van der Waals surface area (Å²) in [5, 5.41) is 7.56. The van der Waals surface area contributed by atoms with Gasteiger partial charge in [0.2, 0.25) is 0 Å². The van der Waals surface area contributed by atoms with E-state index in [0.717, 1.165) is 21.7 Å². The van der Waals surface area contributed by atoms with Gasteiger partial charge in [0, 0.05) is 36.6 Å². The summed E-state index contributed by atoms with van der Waals surface area (Å²) in [5.74, 6) is 0. The predicted octanol–water partition coefficient (Wildman–Crippen LogP) is 2.52. The molecule has 5 nitrogen and oxygen atoms in total. The summed E-state index contributed by atoms with van der Waals surface area (Å²) in [5.41, 5.74) is 1.23. The van der Waals surface area contributed by atoms with Crippen molar-refractivity contribution in [3.63, 3.8) is 0 Å². The summed E-state index contributed by atoms with van der Waals surface area (Å²) < 4.78 is 2.17. The fourth-order valence-electron chi connectivity index (χ4n) is 1.98. The van der Waals surface area contributed by atoms with Crippen molar-refractivity contribution in [1.82, 2.24) is 24.7 Å². The lowest BCUT2D eigenvalue weighted by Crippen LogP contribution is -2.16. The van der Waals surface area contributed by atoms with E-state index in [9.17, 15) is 0 Å². The van der Waals surface area contributed by atoms with E-state index >= 15 is 0 Å². The molecule has 0 bridgehead atoms. The maximum atomic E-state index is 4.69. The molecule has 3 aromatic heterocycles. The van der Waals surface area contributed by atoms with Gasteiger partial charge in [-0.15, -0.1) is 11.3 Å². The third-order valence-corrected chi connectivity index (χ3v) is 4.82. The van der Waals surface area contributed by atoms with E-state index in [1.165, 1.54) is 18.5 Å². The summed E-state index contributed by atoms with van der Waals surface area (Å²) in [6, 6.07) is 0.700. The van der Waals surface area contributed by atoms with Crippen LogP contribution in [-0.2, 0) is 6.54 Å². The minimum Gasteiger partial charge on any atom is -0.339 e. The number of nitrogens with one attached hydrogen (secondary N) is 2. The molecule has 19 heavy (non-hydrogen) atoms. The topological polar surface area (TPSA) is 58.0 Å². The number of hydrogen-bond donors (Lipinski definition) is 2. The van der Waals surface area contributed by atoms with Gasteiger partial charge in [-0.2, -0.15) is 0 Å². The summed E-state index contributed by atoms with van der Waals surface area (Å²) in [4.78, 5) is 13.1. The molecule has 0 spiro atoms. The van der Waals surface area contributed by atoms with Crippen LogP contribution in [-0.4, -0.2) is 25.4 Å². The third kappa shape index (κ3) is 2.29. The zero-order chi connectivity index (χ0) is 12.7. The lowest BCUT2D eigenvalue weighted by molar-refractivity contribution is 0.661. The first-order valence-electron chi connectivity index (χ1n) is 6.25. The first-order chi connectivity index (χ1) is 9.40. The molecule has 0 aliphatic heterocycles. The number of aromatic amines is 1. The quantitative estimate of drug-likeness (QED) is 0.758. The Bertz CT molecular complexity index is 680. The molecule has 98 valence electrons. The normalized spacial score (nSPS) is 15.4. The van der Waals surface area contributed by atoms with E-state index in [0.29, 0.717) is 6.04 Å². The van der Waals surface area contributed by atoms with E-state index in [2.05, 4.69) is 31.3 Å². The highest BCUT2D eigenvalue weighted by atomic mass is 32.2. The molecule has 7 heteroatoms. The van der Waals surface area contributed by atoms with Crippen molar-refractivity contribution in [2.45, 2.75) is 35.6 Å². The number of thiazole rings is 1. The highest BCUT2D eigenvalue weighted by Crippen LogP contribution is 2.30. The van der Waals surface area contributed by atoms with E-state index in [1.807, 2.05) is 6.20 Å². The Labute approximate surface area is 118 Å². The number of hydrogen-bond acceptors (Lipinski definition) is 5. The van der Waals surface area contributed by atoms with Crippen molar-refractivity contribution >= 4 is 28.1 Å². The molecule has 0 unspecified atom stereocenters. The molecule has 0 atom stereocenters. The van der Waals surface area contributed by atoms with Crippen LogP contribution in [0.5, 0.6) is 0 Å². The first kappa shape index (κ1) is 11.5. The smallest absolute Gasteiger partial charge is 0.194 e. The zero-order valence-electron chi connectivity index (χ0n) is 10.2. The van der Waals surface area contributed by atoms with Gasteiger partial charge in [0.25, 0.3) is 0 Å². The molecule has 1 fully saturated rings. The van der Waals surface area contributed by atoms with Crippen LogP contribution in [0.4, 0.5) is 0 Å². The Kier molecular flexibility index (Phi) is 2.82. The van der Waals surface area contributed by atoms with Gasteiger partial charge in [0.1, 0.15) is 5.03 Å². The number of rotatable bonds is 5. The minimum absolute atomic E-state index is 0.700. The number of fused-ring (bicyclic) bond motifs is 1. The van der Waals surface area contributed by atoms with Gasteiger partial charge in [-0.3, -0.25) is 4.40 Å². The molecule has 0 aromatic carbocycles. The van der Waals surface area contributed by atoms with Gasteiger partial charge in [0.05, 0.1) is 5.69 Å². The largest absolute Gasteiger partial charge is 0.339 e. The second kappa shape index (κ2) is 4.66. The summed E-state index contributed by atoms with van der Waals surface area (Å²) in [7, 11) is 0. The third-order valence-electron chi connectivity index (χ3n) is 3.13. The van der Waals surface area contributed by atoms with Gasteiger partial charge < -0.3 is 10.3 Å². The van der Waals surface area contributed by atoms with Crippen molar-refractivity contribution in [3.05, 3.63) is 29.7 Å². The number of imidazole rings is 2. The van der Waals surface area contributed by atoms with Gasteiger partial charge in [0.15, 0.2) is 10.1 Å². The number of aromatic nitrogens is 4. The molecule has 1 saturated carbocycles. The average molecular weight is 291 g/mol. The predicted molar refractivity (Wildman–Crippen MR) is 75.6 cm³/mol. The molecule has 4 rings (SSSR count). The maximum absolute atomic E-state index is 4.69. The van der Waals surface area contributed by atoms with Crippen LogP contribution >= 0.6 is 23.1 Å². The highest BCUT2D eigenvalue weighted by molar-refractivity contribution is 7.99. The summed E-state index contributed by atoms with van der Waals surface area (Å²) in [6.07, 6.45) is 8.29. The van der Waals surface area contributed by atoms with Gasteiger partial charge in [-0.1, -0.05) is 0 Å². The van der Waals surface area contributed by atoms with Crippen molar-refractivity contribution in [2.75, 3.05) is 0 Å². The summed E-state index contributed by atoms with van der Waals surface area (Å²) >= 11 is 3.26. The fourth-order valence-corrected chi connectivity index (χ4v) is 3.62. The monoisotopic (exact) mass is 291 g/mol. The zero-order valence-corrected chi connectivity index (χ0v) is 11.8. The summed E-state index contributed by atoms with van der Waals surface area (Å²) in [6.45, 7) is 0.867. The van der Waals surface area contributed by atoms with E-state index in [4.69, 9.17) is 4.98 Å². The highest BCUT2D eigenvalue weighted by Gasteiger charge is 2.22. The molecule has 1 aliphatic rings. The van der Waals surface area contributed by atoms with Crippen molar-refractivity contribution in [1.29, 1.82) is 0 Å². The van der Waals surface area contributed by atoms with Gasteiger partial charge in [-0.25, -0.2) is 9.97 Å². The van der Waals surface area contributed by atoms with Crippen LogP contribution in [0.25, 0.3) is 4.96 Å². The van der Waals surface area contributed by atoms with E-state index < -0.39 is 0 Å². The van der Waals surface area contributed by atoms with Crippen LogP contribution in [0.3, 0.4) is 0 Å². The number of H-pyrrole nitrogens is 1. The molecule has 0 radical (unpaired) electrons. The van der Waals surface area contributed by atoms with Crippen molar-refractivity contribution in [3.8, 4) is 0 Å². The van der Waals surface area contributed by atoms with Crippen LogP contribution in [0.2, 0.25) is 0 Å². The van der Waals surface area contributed by atoms with Crippen LogP contribution in [0.1, 0.15) is 18.5 Å². The Hall–Kier alpha value is -1.31. The number of nitrogens with zero attached hydrogens (tertiary/aromatic N) is 3. The minimum atomic E-state index is 0.700. The SMILES string of the molecule is c1c[nH]c(Sc2nc3sccn3c2CNC2CC2)n1. The van der Waals surface area contributed by atoms with Gasteiger partial charge in [-0.05, 0) is 24.6 Å². The Morgan fingerprint density at radius 1 is 1.53 bits per heavy atom. The van der Waals surface area contributed by atoms with Crippen LogP contribution < -0.4 is 5.32 Å². The first-order valence-corrected chi connectivity index (χ1v) is 7.95.